The van der Waals surface area contributed by atoms with Crippen LogP contribution in [0.1, 0.15) is 54.9 Å². The maximum absolute atomic E-state index is 15.3. The van der Waals surface area contributed by atoms with Gasteiger partial charge in [-0.2, -0.15) is 13.2 Å². The van der Waals surface area contributed by atoms with E-state index in [-0.39, 0.29) is 5.82 Å². The fourth-order valence-electron chi connectivity index (χ4n) is 4.27. The number of benzene rings is 3. The van der Waals surface area contributed by atoms with Crippen LogP contribution < -0.4 is 0 Å². The smallest absolute Gasteiger partial charge is 0.206 e. The molecule has 0 radical (unpaired) electrons. The normalized spacial score (nSPS) is 12.7. The predicted molar refractivity (Wildman–Crippen MR) is 113 cm³/mol. The molecule has 3 aromatic rings. The van der Waals surface area contributed by atoms with Crippen molar-refractivity contribution < 1.29 is 17.6 Å². The van der Waals surface area contributed by atoms with Gasteiger partial charge in [-0.05, 0) is 52.8 Å². The first-order chi connectivity index (χ1) is 14.4. The van der Waals surface area contributed by atoms with Crippen molar-refractivity contribution in [2.45, 2.75) is 51.6 Å². The Labute approximate surface area is 174 Å². The molecule has 3 aromatic carbocycles. The molecule has 0 heterocycles. The molecule has 0 nitrogen and oxygen atoms in total. The highest BCUT2D eigenvalue weighted by atomic mass is 19.4. The number of alkyl halides is 3. The molecule has 0 bridgehead atoms. The number of rotatable bonds is 6. The van der Waals surface area contributed by atoms with Gasteiger partial charge in [0.15, 0.2) is 0 Å². The minimum Gasteiger partial charge on any atom is -0.206 e. The topological polar surface area (TPSA) is 0 Å². The van der Waals surface area contributed by atoms with Crippen LogP contribution in [0.2, 0.25) is 0 Å². The van der Waals surface area contributed by atoms with E-state index >= 15 is 4.39 Å². The summed E-state index contributed by atoms with van der Waals surface area (Å²) in [5, 5.41) is 0. The van der Waals surface area contributed by atoms with Gasteiger partial charge < -0.3 is 0 Å². The molecule has 30 heavy (non-hydrogen) atoms. The Morgan fingerprint density at radius 2 is 1.50 bits per heavy atom. The van der Waals surface area contributed by atoms with E-state index in [0.717, 1.165) is 41.7 Å². The van der Waals surface area contributed by atoms with E-state index < -0.39 is 11.7 Å². The monoisotopic (exact) mass is 412 g/mol. The predicted octanol–water partition coefficient (Wildman–Crippen LogP) is 8.21. The molecule has 0 saturated heterocycles. The summed E-state index contributed by atoms with van der Waals surface area (Å²) in [6.45, 7) is 2.19. The lowest BCUT2D eigenvalue weighted by atomic mass is 9.97. The maximum atomic E-state index is 15.3. The van der Waals surface area contributed by atoms with E-state index in [1.54, 1.807) is 6.07 Å². The lowest BCUT2D eigenvalue weighted by molar-refractivity contribution is -0.137. The van der Waals surface area contributed by atoms with Crippen molar-refractivity contribution in [3.8, 4) is 22.3 Å². The molecule has 0 amide bonds. The third-order valence-electron chi connectivity index (χ3n) is 5.91. The summed E-state index contributed by atoms with van der Waals surface area (Å²) < 4.78 is 53.7. The molecule has 0 aromatic heterocycles. The van der Waals surface area contributed by atoms with Crippen molar-refractivity contribution in [1.82, 2.24) is 0 Å². The van der Waals surface area contributed by atoms with Crippen LogP contribution in [0.3, 0.4) is 0 Å². The Kier molecular flexibility index (Phi) is 5.68. The lowest BCUT2D eigenvalue weighted by Gasteiger charge is -2.11. The first-order valence-corrected chi connectivity index (χ1v) is 10.5. The van der Waals surface area contributed by atoms with Crippen molar-refractivity contribution in [1.29, 1.82) is 0 Å². The van der Waals surface area contributed by atoms with Crippen LogP contribution in [0.15, 0.2) is 54.6 Å². The molecule has 0 spiro atoms. The molecule has 156 valence electrons. The van der Waals surface area contributed by atoms with Crippen LogP contribution in [0, 0.1) is 5.82 Å². The minimum atomic E-state index is -4.40. The second-order valence-electron chi connectivity index (χ2n) is 8.01. The molecular weight excluding hydrogens is 388 g/mol. The van der Waals surface area contributed by atoms with Gasteiger partial charge in [0.2, 0.25) is 0 Å². The summed E-state index contributed by atoms with van der Waals surface area (Å²) in [7, 11) is 0. The van der Waals surface area contributed by atoms with Crippen molar-refractivity contribution in [3.63, 3.8) is 0 Å². The number of aryl methyl sites for hydroxylation is 1. The van der Waals surface area contributed by atoms with Gasteiger partial charge in [0.25, 0.3) is 0 Å². The quantitative estimate of drug-likeness (QED) is 0.221. The van der Waals surface area contributed by atoms with E-state index in [1.165, 1.54) is 37.0 Å². The van der Waals surface area contributed by atoms with E-state index in [2.05, 4.69) is 25.1 Å². The molecule has 0 saturated carbocycles. The molecule has 4 rings (SSSR count). The number of hydrogen-bond donors (Lipinski definition) is 0. The fourth-order valence-corrected chi connectivity index (χ4v) is 4.27. The van der Waals surface area contributed by atoms with Crippen LogP contribution in [0.5, 0.6) is 0 Å². The number of halogens is 4. The van der Waals surface area contributed by atoms with E-state index in [9.17, 15) is 13.2 Å². The number of fused-ring (bicyclic) bond motifs is 3. The van der Waals surface area contributed by atoms with Gasteiger partial charge in [-0.1, -0.05) is 68.7 Å². The highest BCUT2D eigenvalue weighted by Crippen LogP contribution is 2.41. The summed E-state index contributed by atoms with van der Waals surface area (Å²) in [5.41, 5.74) is 5.04. The SMILES string of the molecule is CCCCCCc1ccc2c(c1)Cc1c-2ccc(-c2ccc(C(F)(F)F)cc2)c1F. The van der Waals surface area contributed by atoms with Gasteiger partial charge in [0, 0.05) is 17.5 Å². The molecule has 4 heteroatoms. The van der Waals surface area contributed by atoms with Crippen LogP contribution in [-0.2, 0) is 19.0 Å². The Hall–Kier alpha value is -2.62. The third-order valence-corrected chi connectivity index (χ3v) is 5.91. The molecule has 0 fully saturated rings. The fraction of sp³-hybridized carbons (Fsp3) is 0.308. The third kappa shape index (κ3) is 4.00. The van der Waals surface area contributed by atoms with Crippen molar-refractivity contribution in [3.05, 3.63) is 82.7 Å². The van der Waals surface area contributed by atoms with Gasteiger partial charge >= 0.3 is 6.18 Å². The average Bonchev–Trinajstić information content (AvgIpc) is 3.10. The molecule has 1 aliphatic carbocycles. The van der Waals surface area contributed by atoms with E-state index in [0.29, 0.717) is 23.1 Å². The standard InChI is InChI=1S/C26H24F4/c1-2-3-4-5-6-17-7-12-21-19(15-17)16-24-23(21)14-13-22(25(24)27)18-8-10-20(11-9-18)26(28,29)30/h7-15H,2-6,16H2,1H3. The Morgan fingerprint density at radius 3 is 2.20 bits per heavy atom. The van der Waals surface area contributed by atoms with Gasteiger partial charge in [-0.25, -0.2) is 4.39 Å². The van der Waals surface area contributed by atoms with Crippen LogP contribution in [0.25, 0.3) is 22.3 Å². The van der Waals surface area contributed by atoms with Crippen molar-refractivity contribution >= 4 is 0 Å². The van der Waals surface area contributed by atoms with Crippen LogP contribution in [0.4, 0.5) is 17.6 Å². The number of unbranched alkanes of at least 4 members (excludes halogenated alkanes) is 3. The van der Waals surface area contributed by atoms with Gasteiger partial charge in [0.05, 0.1) is 5.56 Å². The maximum Gasteiger partial charge on any atom is 0.416 e. The highest BCUT2D eigenvalue weighted by Gasteiger charge is 2.30. The zero-order chi connectivity index (χ0) is 21.3. The molecule has 0 N–H and O–H groups in total. The molecule has 1 aliphatic rings. The summed E-state index contributed by atoms with van der Waals surface area (Å²) in [6.07, 6.45) is 1.99. The first-order valence-electron chi connectivity index (χ1n) is 10.5. The van der Waals surface area contributed by atoms with Gasteiger partial charge in [-0.15, -0.1) is 0 Å². The lowest BCUT2D eigenvalue weighted by Crippen LogP contribution is -2.04. The highest BCUT2D eigenvalue weighted by molar-refractivity contribution is 5.81. The largest absolute Gasteiger partial charge is 0.416 e. The first kappa shape index (κ1) is 20.6. The molecule has 0 atom stereocenters. The van der Waals surface area contributed by atoms with Gasteiger partial charge in [0.1, 0.15) is 5.82 Å². The molecular formula is C26H24F4. The average molecular weight is 412 g/mol. The van der Waals surface area contributed by atoms with Crippen LogP contribution >= 0.6 is 0 Å². The zero-order valence-corrected chi connectivity index (χ0v) is 17.0. The van der Waals surface area contributed by atoms with Crippen molar-refractivity contribution in [2.75, 3.05) is 0 Å². The second kappa shape index (κ2) is 8.25. The summed E-state index contributed by atoms with van der Waals surface area (Å²) in [4.78, 5) is 0. The molecule has 0 aliphatic heterocycles. The van der Waals surface area contributed by atoms with Crippen molar-refractivity contribution in [2.24, 2.45) is 0 Å². The van der Waals surface area contributed by atoms with Crippen LogP contribution in [-0.4, -0.2) is 0 Å². The Bertz CT molecular complexity index is 1050. The Morgan fingerprint density at radius 1 is 0.800 bits per heavy atom. The van der Waals surface area contributed by atoms with E-state index in [4.69, 9.17) is 0 Å². The summed E-state index contributed by atoms with van der Waals surface area (Å²) >= 11 is 0. The summed E-state index contributed by atoms with van der Waals surface area (Å²) in [5.74, 6) is -0.340. The summed E-state index contributed by atoms with van der Waals surface area (Å²) in [6, 6.07) is 14.6. The van der Waals surface area contributed by atoms with Gasteiger partial charge in [-0.3, -0.25) is 0 Å². The van der Waals surface area contributed by atoms with E-state index in [1.807, 2.05) is 6.07 Å². The zero-order valence-electron chi connectivity index (χ0n) is 17.0. The Balaban J connectivity index is 1.59. The number of hydrogen-bond acceptors (Lipinski definition) is 0. The second-order valence-corrected chi connectivity index (χ2v) is 8.01. The minimum absolute atomic E-state index is 0.340. The molecule has 0 unspecified atom stereocenters.